The fraction of sp³-hybridized carbons (Fsp3) is 0.250. The number of nitrogens with zero attached hydrogens (tertiary/aromatic N) is 1. The lowest BCUT2D eigenvalue weighted by Crippen LogP contribution is -2.27. The SMILES string of the molecule is O=C(CCNC(=O)c1ccccc1)Nc1ccc2oc(C3CC3)nc2c1. The smallest absolute Gasteiger partial charge is 0.251 e. The van der Waals surface area contributed by atoms with Crippen molar-refractivity contribution < 1.29 is 14.0 Å². The van der Waals surface area contributed by atoms with Crippen LogP contribution in [0, 0.1) is 0 Å². The van der Waals surface area contributed by atoms with E-state index in [2.05, 4.69) is 15.6 Å². The van der Waals surface area contributed by atoms with E-state index in [-0.39, 0.29) is 24.8 Å². The van der Waals surface area contributed by atoms with Gasteiger partial charge in [0.1, 0.15) is 5.52 Å². The summed E-state index contributed by atoms with van der Waals surface area (Å²) in [4.78, 5) is 28.5. The predicted molar refractivity (Wildman–Crippen MR) is 98.0 cm³/mol. The van der Waals surface area contributed by atoms with Crippen LogP contribution in [0.3, 0.4) is 0 Å². The standard InChI is InChI=1S/C20H19N3O3/c24-18(10-11-21-19(25)13-4-2-1-3-5-13)22-15-8-9-17-16(12-15)23-20(26-17)14-6-7-14/h1-5,8-9,12,14H,6-7,10-11H2,(H,21,25)(H,22,24). The summed E-state index contributed by atoms with van der Waals surface area (Å²) >= 11 is 0. The predicted octanol–water partition coefficient (Wildman–Crippen LogP) is 3.46. The topological polar surface area (TPSA) is 84.2 Å². The lowest BCUT2D eigenvalue weighted by atomic mass is 10.2. The van der Waals surface area contributed by atoms with Crippen LogP contribution in [0.25, 0.3) is 11.1 Å². The van der Waals surface area contributed by atoms with Gasteiger partial charge in [-0.05, 0) is 43.2 Å². The van der Waals surface area contributed by atoms with Crippen molar-refractivity contribution >= 4 is 28.6 Å². The zero-order chi connectivity index (χ0) is 17.9. The maximum absolute atomic E-state index is 12.1. The lowest BCUT2D eigenvalue weighted by Gasteiger charge is -2.06. The molecule has 0 unspecified atom stereocenters. The van der Waals surface area contributed by atoms with Crippen LogP contribution in [0.4, 0.5) is 5.69 Å². The van der Waals surface area contributed by atoms with Crippen LogP contribution in [0.1, 0.15) is 41.4 Å². The fourth-order valence-corrected chi connectivity index (χ4v) is 2.73. The second-order valence-electron chi connectivity index (χ2n) is 6.43. The molecule has 0 radical (unpaired) electrons. The van der Waals surface area contributed by atoms with Crippen LogP contribution in [-0.2, 0) is 4.79 Å². The Labute approximate surface area is 150 Å². The molecule has 3 aromatic rings. The number of oxazole rings is 1. The molecule has 1 aromatic heterocycles. The van der Waals surface area contributed by atoms with Crippen LogP contribution in [0.5, 0.6) is 0 Å². The van der Waals surface area contributed by atoms with Crippen molar-refractivity contribution in [2.75, 3.05) is 11.9 Å². The van der Waals surface area contributed by atoms with E-state index in [1.54, 1.807) is 30.3 Å². The van der Waals surface area contributed by atoms with Crippen molar-refractivity contribution in [3.05, 3.63) is 60.0 Å². The minimum Gasteiger partial charge on any atom is -0.440 e. The molecule has 1 saturated carbocycles. The van der Waals surface area contributed by atoms with E-state index >= 15 is 0 Å². The van der Waals surface area contributed by atoms with Gasteiger partial charge < -0.3 is 15.1 Å². The Hall–Kier alpha value is -3.15. The molecule has 0 aliphatic heterocycles. The lowest BCUT2D eigenvalue weighted by molar-refractivity contribution is -0.116. The van der Waals surface area contributed by atoms with E-state index in [1.165, 1.54) is 0 Å². The number of hydrogen-bond acceptors (Lipinski definition) is 4. The normalized spacial score (nSPS) is 13.5. The molecule has 1 fully saturated rings. The summed E-state index contributed by atoms with van der Waals surface area (Å²) < 4.78 is 5.71. The third-order valence-corrected chi connectivity index (χ3v) is 4.29. The number of hydrogen-bond donors (Lipinski definition) is 2. The molecule has 2 aromatic carbocycles. The summed E-state index contributed by atoms with van der Waals surface area (Å²) in [6.45, 7) is 0.275. The summed E-state index contributed by atoms with van der Waals surface area (Å²) in [5.41, 5.74) is 2.74. The first-order valence-corrected chi connectivity index (χ1v) is 8.72. The van der Waals surface area contributed by atoms with Crippen molar-refractivity contribution in [1.82, 2.24) is 10.3 Å². The largest absolute Gasteiger partial charge is 0.440 e. The average molecular weight is 349 g/mol. The molecule has 132 valence electrons. The second-order valence-corrected chi connectivity index (χ2v) is 6.43. The van der Waals surface area contributed by atoms with Gasteiger partial charge in [0.15, 0.2) is 11.5 Å². The van der Waals surface area contributed by atoms with Crippen LogP contribution in [0.2, 0.25) is 0 Å². The van der Waals surface area contributed by atoms with E-state index in [0.717, 1.165) is 29.8 Å². The fourth-order valence-electron chi connectivity index (χ4n) is 2.73. The third-order valence-electron chi connectivity index (χ3n) is 4.29. The monoisotopic (exact) mass is 349 g/mol. The van der Waals surface area contributed by atoms with Gasteiger partial charge in [-0.3, -0.25) is 9.59 Å². The number of rotatable bonds is 6. The Morgan fingerprint density at radius 3 is 2.69 bits per heavy atom. The molecule has 0 bridgehead atoms. The Morgan fingerprint density at radius 1 is 1.12 bits per heavy atom. The number of carbonyl (C=O) groups excluding carboxylic acids is 2. The van der Waals surface area contributed by atoms with Crippen LogP contribution in [-0.4, -0.2) is 23.3 Å². The quantitative estimate of drug-likeness (QED) is 0.714. The van der Waals surface area contributed by atoms with Crippen molar-refractivity contribution in [3.63, 3.8) is 0 Å². The highest BCUT2D eigenvalue weighted by molar-refractivity contribution is 5.95. The Kier molecular flexibility index (Phi) is 4.39. The molecule has 0 atom stereocenters. The summed E-state index contributed by atoms with van der Waals surface area (Å²) in [6, 6.07) is 14.4. The van der Waals surface area contributed by atoms with E-state index in [1.807, 2.05) is 18.2 Å². The van der Waals surface area contributed by atoms with Gasteiger partial charge in [0, 0.05) is 30.1 Å². The van der Waals surface area contributed by atoms with Gasteiger partial charge in [-0.25, -0.2) is 4.98 Å². The molecule has 2 amide bonds. The molecular formula is C20H19N3O3. The van der Waals surface area contributed by atoms with Gasteiger partial charge in [-0.2, -0.15) is 0 Å². The first-order valence-electron chi connectivity index (χ1n) is 8.72. The number of nitrogens with one attached hydrogen (secondary N) is 2. The number of fused-ring (bicyclic) bond motifs is 1. The molecule has 4 rings (SSSR count). The maximum Gasteiger partial charge on any atom is 0.251 e. The zero-order valence-electron chi connectivity index (χ0n) is 14.2. The average Bonchev–Trinajstić information content (AvgIpc) is 3.42. The molecule has 0 saturated heterocycles. The van der Waals surface area contributed by atoms with Crippen LogP contribution >= 0.6 is 0 Å². The van der Waals surface area contributed by atoms with E-state index < -0.39 is 0 Å². The minimum atomic E-state index is -0.185. The molecular weight excluding hydrogens is 330 g/mol. The Balaban J connectivity index is 1.30. The maximum atomic E-state index is 12.1. The highest BCUT2D eigenvalue weighted by Gasteiger charge is 2.28. The van der Waals surface area contributed by atoms with Gasteiger partial charge in [0.05, 0.1) is 0 Å². The molecule has 26 heavy (non-hydrogen) atoms. The zero-order valence-corrected chi connectivity index (χ0v) is 14.2. The number of aromatic nitrogens is 1. The van der Waals surface area contributed by atoms with Crippen molar-refractivity contribution in [3.8, 4) is 0 Å². The highest BCUT2D eigenvalue weighted by Crippen LogP contribution is 2.40. The molecule has 1 heterocycles. The van der Waals surface area contributed by atoms with Gasteiger partial charge in [0.2, 0.25) is 5.91 Å². The summed E-state index contributed by atoms with van der Waals surface area (Å²) in [7, 11) is 0. The Bertz CT molecular complexity index is 945. The number of benzene rings is 2. The molecule has 0 spiro atoms. The molecule has 1 aliphatic carbocycles. The summed E-state index contributed by atoms with van der Waals surface area (Å²) in [5.74, 6) is 0.888. The van der Waals surface area contributed by atoms with E-state index in [0.29, 0.717) is 17.2 Å². The molecule has 2 N–H and O–H groups in total. The second kappa shape index (κ2) is 7.00. The van der Waals surface area contributed by atoms with Crippen molar-refractivity contribution in [2.24, 2.45) is 0 Å². The number of amides is 2. The number of anilines is 1. The minimum absolute atomic E-state index is 0.163. The van der Waals surface area contributed by atoms with Crippen molar-refractivity contribution in [2.45, 2.75) is 25.2 Å². The Morgan fingerprint density at radius 2 is 1.92 bits per heavy atom. The van der Waals surface area contributed by atoms with Gasteiger partial charge >= 0.3 is 0 Å². The number of carbonyl (C=O) groups is 2. The summed E-state index contributed by atoms with van der Waals surface area (Å²) in [6.07, 6.45) is 2.46. The molecule has 6 heteroatoms. The van der Waals surface area contributed by atoms with Gasteiger partial charge in [0.25, 0.3) is 5.91 Å². The third kappa shape index (κ3) is 3.74. The van der Waals surface area contributed by atoms with Crippen molar-refractivity contribution in [1.29, 1.82) is 0 Å². The molecule has 1 aliphatic rings. The highest BCUT2D eigenvalue weighted by atomic mass is 16.3. The van der Waals surface area contributed by atoms with E-state index in [4.69, 9.17) is 4.42 Å². The van der Waals surface area contributed by atoms with Gasteiger partial charge in [-0.15, -0.1) is 0 Å². The van der Waals surface area contributed by atoms with Gasteiger partial charge in [-0.1, -0.05) is 18.2 Å². The summed E-state index contributed by atoms with van der Waals surface area (Å²) in [5, 5.41) is 5.57. The first-order chi connectivity index (χ1) is 12.7. The molecule has 6 nitrogen and oxygen atoms in total. The van der Waals surface area contributed by atoms with E-state index in [9.17, 15) is 9.59 Å². The first kappa shape index (κ1) is 16.3. The van der Waals surface area contributed by atoms with Crippen LogP contribution in [0.15, 0.2) is 52.9 Å². The van der Waals surface area contributed by atoms with Crippen LogP contribution < -0.4 is 10.6 Å².